The highest BCUT2D eigenvalue weighted by Crippen LogP contribution is 2.40. The normalized spacial score (nSPS) is 23.9. The molecule has 1 saturated carbocycles. The van der Waals surface area contributed by atoms with E-state index in [-0.39, 0.29) is 5.92 Å². The van der Waals surface area contributed by atoms with E-state index in [0.717, 1.165) is 11.7 Å². The summed E-state index contributed by atoms with van der Waals surface area (Å²) in [7, 11) is 0. The zero-order chi connectivity index (χ0) is 14.9. The lowest BCUT2D eigenvalue weighted by Crippen LogP contribution is -2.22. The van der Waals surface area contributed by atoms with Gasteiger partial charge in [-0.25, -0.2) is 0 Å². The fourth-order valence-corrected chi connectivity index (χ4v) is 2.16. The number of hydrogen-bond donors (Lipinski definition) is 2. The smallest absolute Gasteiger partial charge is 0.308 e. The van der Waals surface area contributed by atoms with E-state index in [1.165, 1.54) is 0 Å². The maximum atomic E-state index is 10.4. The van der Waals surface area contributed by atoms with Crippen LogP contribution in [0.15, 0.2) is 28.9 Å². The molecule has 1 heterocycles. The first-order valence-electron chi connectivity index (χ1n) is 5.99. The van der Waals surface area contributed by atoms with Gasteiger partial charge >= 0.3 is 5.97 Å². The van der Waals surface area contributed by atoms with Gasteiger partial charge < -0.3 is 15.3 Å². The van der Waals surface area contributed by atoms with Crippen LogP contribution in [0.25, 0.3) is 11.0 Å². The molecule has 2 aromatic rings. The Morgan fingerprint density at radius 1 is 1.60 bits per heavy atom. The molecule has 2 unspecified atom stereocenters. The third-order valence-electron chi connectivity index (χ3n) is 3.24. The van der Waals surface area contributed by atoms with E-state index in [0.29, 0.717) is 22.6 Å². The van der Waals surface area contributed by atoms with Crippen molar-refractivity contribution in [2.45, 2.75) is 18.9 Å². The van der Waals surface area contributed by atoms with Gasteiger partial charge in [-0.15, -0.1) is 0 Å². The van der Waals surface area contributed by atoms with Crippen LogP contribution in [-0.4, -0.2) is 22.9 Å². The molecule has 2 atom stereocenters. The summed E-state index contributed by atoms with van der Waals surface area (Å²) in [4.78, 5) is 20.5. The number of halogens is 1. The molecule has 3 rings (SSSR count). The average Bonchev–Trinajstić information content (AvgIpc) is 2.83. The minimum Gasteiger partial charge on any atom is -0.481 e. The van der Waals surface area contributed by atoms with Crippen LogP contribution in [0.2, 0.25) is 5.02 Å². The first kappa shape index (κ1) is 14.6. The highest BCUT2D eigenvalue weighted by Gasteiger charge is 2.51. The standard InChI is InChI=1S/C9H5ClO2.C5H9NO2/c10-8-4-6(5-11)3-7-1-2-12-9(7)8;1-5(6)2-3(5)4(7)8/h1-5H;3H,2,6H2,1H3,(H,7,8). The first-order valence-corrected chi connectivity index (χ1v) is 6.36. The molecule has 3 N–H and O–H groups in total. The Balaban J connectivity index is 0.000000160. The van der Waals surface area contributed by atoms with E-state index in [1.807, 2.05) is 0 Å². The summed E-state index contributed by atoms with van der Waals surface area (Å²) in [5.41, 5.74) is 6.21. The van der Waals surface area contributed by atoms with Crippen LogP contribution in [0, 0.1) is 5.92 Å². The van der Waals surface area contributed by atoms with Crippen molar-refractivity contribution in [3.63, 3.8) is 0 Å². The molecule has 1 aliphatic carbocycles. The number of hydrogen-bond acceptors (Lipinski definition) is 4. The Morgan fingerprint density at radius 3 is 2.70 bits per heavy atom. The number of benzene rings is 1. The van der Waals surface area contributed by atoms with Crippen LogP contribution < -0.4 is 5.73 Å². The van der Waals surface area contributed by atoms with Gasteiger partial charge in [-0.05, 0) is 31.5 Å². The van der Waals surface area contributed by atoms with Crippen molar-refractivity contribution in [2.24, 2.45) is 11.7 Å². The predicted octanol–water partition coefficient (Wildman–Crippen LogP) is 2.71. The molecular weight excluding hydrogens is 282 g/mol. The molecule has 0 amide bonds. The SMILES string of the molecule is CC1(N)CC1C(=O)O.O=Cc1cc(Cl)c2occc2c1. The maximum absolute atomic E-state index is 10.4. The van der Waals surface area contributed by atoms with Crippen molar-refractivity contribution in [3.8, 4) is 0 Å². The Morgan fingerprint density at radius 2 is 2.25 bits per heavy atom. The summed E-state index contributed by atoms with van der Waals surface area (Å²) in [6, 6.07) is 5.09. The van der Waals surface area contributed by atoms with E-state index < -0.39 is 11.5 Å². The van der Waals surface area contributed by atoms with E-state index in [9.17, 15) is 9.59 Å². The van der Waals surface area contributed by atoms with E-state index in [4.69, 9.17) is 26.9 Å². The summed E-state index contributed by atoms with van der Waals surface area (Å²) >= 11 is 5.83. The molecule has 20 heavy (non-hydrogen) atoms. The number of nitrogens with two attached hydrogens (primary N) is 1. The zero-order valence-corrected chi connectivity index (χ0v) is 11.6. The second-order valence-electron chi connectivity index (χ2n) is 5.06. The lowest BCUT2D eigenvalue weighted by molar-refractivity contribution is -0.138. The Hall–Kier alpha value is -1.85. The predicted molar refractivity (Wildman–Crippen MR) is 74.9 cm³/mol. The van der Waals surface area contributed by atoms with Gasteiger partial charge in [-0.2, -0.15) is 0 Å². The number of carboxylic acid groups (broad SMARTS) is 1. The largest absolute Gasteiger partial charge is 0.481 e. The van der Waals surface area contributed by atoms with Crippen molar-refractivity contribution in [1.82, 2.24) is 0 Å². The lowest BCUT2D eigenvalue weighted by Gasteiger charge is -1.95. The van der Waals surface area contributed by atoms with Gasteiger partial charge in [0, 0.05) is 16.5 Å². The van der Waals surface area contributed by atoms with Gasteiger partial charge in [0.15, 0.2) is 5.58 Å². The molecule has 1 aliphatic rings. The number of rotatable bonds is 2. The van der Waals surface area contributed by atoms with Crippen LogP contribution >= 0.6 is 11.6 Å². The van der Waals surface area contributed by atoms with Gasteiger partial charge in [-0.3, -0.25) is 9.59 Å². The van der Waals surface area contributed by atoms with Crippen molar-refractivity contribution in [1.29, 1.82) is 0 Å². The molecule has 0 bridgehead atoms. The van der Waals surface area contributed by atoms with Gasteiger partial charge in [0.05, 0.1) is 17.2 Å². The van der Waals surface area contributed by atoms with E-state index >= 15 is 0 Å². The van der Waals surface area contributed by atoms with Gasteiger partial charge in [0.2, 0.25) is 0 Å². The fraction of sp³-hybridized carbons (Fsp3) is 0.286. The average molecular weight is 296 g/mol. The summed E-state index contributed by atoms with van der Waals surface area (Å²) in [6.45, 7) is 1.76. The number of aliphatic carboxylic acids is 1. The van der Waals surface area contributed by atoms with E-state index in [1.54, 1.807) is 31.4 Å². The molecule has 1 aromatic carbocycles. The topological polar surface area (TPSA) is 93.5 Å². The van der Waals surface area contributed by atoms with Crippen LogP contribution in [0.3, 0.4) is 0 Å². The molecule has 106 valence electrons. The van der Waals surface area contributed by atoms with Crippen LogP contribution in [0.4, 0.5) is 0 Å². The Kier molecular flexibility index (Phi) is 3.83. The monoisotopic (exact) mass is 295 g/mol. The van der Waals surface area contributed by atoms with Crippen molar-refractivity contribution in [2.75, 3.05) is 0 Å². The number of furan rings is 1. The van der Waals surface area contributed by atoms with Gasteiger partial charge in [-0.1, -0.05) is 11.6 Å². The van der Waals surface area contributed by atoms with Crippen LogP contribution in [-0.2, 0) is 4.79 Å². The number of carbonyl (C=O) groups is 2. The molecule has 1 aromatic heterocycles. The second kappa shape index (κ2) is 5.26. The number of carbonyl (C=O) groups excluding carboxylic acids is 1. The number of fused-ring (bicyclic) bond motifs is 1. The number of carboxylic acids is 1. The molecule has 0 saturated heterocycles. The third kappa shape index (κ3) is 3.00. The summed E-state index contributed by atoms with van der Waals surface area (Å²) in [6.07, 6.45) is 2.94. The molecule has 5 nitrogen and oxygen atoms in total. The quantitative estimate of drug-likeness (QED) is 0.831. The molecule has 0 aliphatic heterocycles. The molecular formula is C14H14ClNO4. The highest BCUT2D eigenvalue weighted by atomic mass is 35.5. The van der Waals surface area contributed by atoms with Crippen LogP contribution in [0.5, 0.6) is 0 Å². The van der Waals surface area contributed by atoms with Crippen molar-refractivity contribution >= 4 is 34.8 Å². The Bertz CT molecular complexity index is 662. The minimum absolute atomic E-state index is 0.289. The van der Waals surface area contributed by atoms with Crippen molar-refractivity contribution in [3.05, 3.63) is 35.0 Å². The van der Waals surface area contributed by atoms with Gasteiger partial charge in [0.25, 0.3) is 0 Å². The minimum atomic E-state index is -0.769. The summed E-state index contributed by atoms with van der Waals surface area (Å²) in [5.74, 6) is -1.06. The summed E-state index contributed by atoms with van der Waals surface area (Å²) < 4.78 is 5.10. The Labute approximate surface area is 120 Å². The van der Waals surface area contributed by atoms with Gasteiger partial charge in [0.1, 0.15) is 6.29 Å². The third-order valence-corrected chi connectivity index (χ3v) is 3.52. The molecule has 0 spiro atoms. The zero-order valence-electron chi connectivity index (χ0n) is 10.8. The maximum Gasteiger partial charge on any atom is 0.308 e. The lowest BCUT2D eigenvalue weighted by atomic mass is 10.2. The molecule has 6 heteroatoms. The fourth-order valence-electron chi connectivity index (χ4n) is 1.88. The highest BCUT2D eigenvalue weighted by molar-refractivity contribution is 6.35. The van der Waals surface area contributed by atoms with E-state index in [2.05, 4.69) is 0 Å². The molecule has 0 radical (unpaired) electrons. The van der Waals surface area contributed by atoms with Crippen molar-refractivity contribution < 1.29 is 19.1 Å². The molecule has 1 fully saturated rings. The second-order valence-corrected chi connectivity index (χ2v) is 5.47. The van der Waals surface area contributed by atoms with Crippen LogP contribution in [0.1, 0.15) is 23.7 Å². The first-order chi connectivity index (χ1) is 9.35. The summed E-state index contributed by atoms with van der Waals surface area (Å²) in [5, 5.41) is 9.63. The number of aldehydes is 1.